The van der Waals surface area contributed by atoms with Gasteiger partial charge in [-0.2, -0.15) is 0 Å². The van der Waals surface area contributed by atoms with Crippen LogP contribution in [0.2, 0.25) is 5.02 Å². The summed E-state index contributed by atoms with van der Waals surface area (Å²) in [5.74, 6) is 1.36. The van der Waals surface area contributed by atoms with Gasteiger partial charge in [0.1, 0.15) is 5.82 Å². The van der Waals surface area contributed by atoms with Gasteiger partial charge >= 0.3 is 0 Å². The lowest BCUT2D eigenvalue weighted by Crippen LogP contribution is -2.34. The smallest absolute Gasteiger partial charge is 0.124 e. The van der Waals surface area contributed by atoms with Crippen molar-refractivity contribution in [2.45, 2.75) is 38.2 Å². The molecule has 3 rings (SSSR count). The molecule has 20 heavy (non-hydrogen) atoms. The summed E-state index contributed by atoms with van der Waals surface area (Å²) in [4.78, 5) is 7.14. The Kier molecular flexibility index (Phi) is 4.20. The number of hydrogen-bond acceptors (Lipinski definition) is 2. The van der Waals surface area contributed by atoms with Crippen molar-refractivity contribution in [3.05, 3.63) is 29.0 Å². The molecule has 108 valence electrons. The second-order valence-electron chi connectivity index (χ2n) is 5.50. The third-order valence-corrected chi connectivity index (χ3v) is 4.59. The Bertz CT molecular complexity index is 602. The highest BCUT2D eigenvalue weighted by Crippen LogP contribution is 2.23. The fourth-order valence-corrected chi connectivity index (χ4v) is 3.39. The molecular formula is C15H19Cl2N3. The number of imidazole rings is 1. The van der Waals surface area contributed by atoms with Crippen LogP contribution >= 0.6 is 23.2 Å². The van der Waals surface area contributed by atoms with Crippen molar-refractivity contribution in [2.24, 2.45) is 0 Å². The number of fused-ring (bicyclic) bond motifs is 1. The number of hydrogen-bond donors (Lipinski definition) is 0. The topological polar surface area (TPSA) is 21.1 Å². The zero-order valence-electron chi connectivity index (χ0n) is 11.6. The molecule has 1 aliphatic rings. The van der Waals surface area contributed by atoms with Crippen LogP contribution in [0.3, 0.4) is 0 Å². The lowest BCUT2D eigenvalue weighted by Gasteiger charge is -2.25. The van der Waals surface area contributed by atoms with Gasteiger partial charge in [-0.05, 0) is 51.1 Å². The summed E-state index contributed by atoms with van der Waals surface area (Å²) in [6, 6.07) is 6.37. The Morgan fingerprint density at radius 3 is 2.75 bits per heavy atom. The van der Waals surface area contributed by atoms with Crippen LogP contribution in [-0.2, 0) is 12.4 Å². The molecule has 1 aromatic carbocycles. The number of alkyl halides is 1. The van der Waals surface area contributed by atoms with Crippen molar-refractivity contribution < 1.29 is 0 Å². The van der Waals surface area contributed by atoms with Gasteiger partial charge in [0.2, 0.25) is 0 Å². The maximum Gasteiger partial charge on any atom is 0.124 e. The highest BCUT2D eigenvalue weighted by molar-refractivity contribution is 6.31. The minimum absolute atomic E-state index is 0.430. The van der Waals surface area contributed by atoms with E-state index in [0.29, 0.717) is 11.9 Å². The summed E-state index contributed by atoms with van der Waals surface area (Å²) >= 11 is 12.1. The van der Waals surface area contributed by atoms with Gasteiger partial charge < -0.3 is 4.57 Å². The summed E-state index contributed by atoms with van der Waals surface area (Å²) in [6.45, 7) is 5.62. The van der Waals surface area contributed by atoms with E-state index in [9.17, 15) is 0 Å². The second kappa shape index (κ2) is 5.92. The molecule has 2 heterocycles. The zero-order valence-corrected chi connectivity index (χ0v) is 13.2. The van der Waals surface area contributed by atoms with Crippen molar-refractivity contribution >= 4 is 34.2 Å². The monoisotopic (exact) mass is 311 g/mol. The van der Waals surface area contributed by atoms with Crippen molar-refractivity contribution in [3.63, 3.8) is 0 Å². The molecule has 0 spiro atoms. The standard InChI is InChI=1S/C15H19Cl2N3/c1-11(19-6-2-3-7-19)10-20-14-5-4-12(17)8-13(14)18-15(20)9-16/h4-5,8,11H,2-3,6-7,9-10H2,1H3. The molecule has 1 saturated heterocycles. The minimum atomic E-state index is 0.430. The quantitative estimate of drug-likeness (QED) is 0.798. The van der Waals surface area contributed by atoms with Crippen LogP contribution in [-0.4, -0.2) is 33.6 Å². The molecule has 3 nitrogen and oxygen atoms in total. The number of halogens is 2. The Balaban J connectivity index is 1.92. The first-order valence-corrected chi connectivity index (χ1v) is 8.05. The van der Waals surface area contributed by atoms with Crippen molar-refractivity contribution in [1.29, 1.82) is 0 Å². The molecule has 0 amide bonds. The molecule has 1 aromatic heterocycles. The fourth-order valence-electron chi connectivity index (χ4n) is 3.02. The fraction of sp³-hybridized carbons (Fsp3) is 0.533. The minimum Gasteiger partial charge on any atom is -0.325 e. The summed E-state index contributed by atoms with van der Waals surface area (Å²) < 4.78 is 2.24. The van der Waals surface area contributed by atoms with Gasteiger partial charge in [-0.25, -0.2) is 4.98 Å². The van der Waals surface area contributed by atoms with E-state index in [2.05, 4.69) is 21.4 Å². The third kappa shape index (κ3) is 2.67. The van der Waals surface area contributed by atoms with Crippen molar-refractivity contribution in [1.82, 2.24) is 14.5 Å². The third-order valence-electron chi connectivity index (χ3n) is 4.12. The number of rotatable bonds is 4. The van der Waals surface area contributed by atoms with E-state index in [4.69, 9.17) is 23.2 Å². The molecule has 1 aliphatic heterocycles. The Labute approximate surface area is 129 Å². The summed E-state index contributed by atoms with van der Waals surface area (Å²) in [5.41, 5.74) is 2.05. The van der Waals surface area contributed by atoms with Crippen LogP contribution in [0, 0.1) is 0 Å². The Morgan fingerprint density at radius 1 is 1.30 bits per heavy atom. The number of aromatic nitrogens is 2. The van der Waals surface area contributed by atoms with E-state index in [1.807, 2.05) is 18.2 Å². The first-order valence-electron chi connectivity index (χ1n) is 7.13. The van der Waals surface area contributed by atoms with Crippen LogP contribution < -0.4 is 0 Å². The first kappa shape index (κ1) is 14.2. The maximum atomic E-state index is 6.06. The van der Waals surface area contributed by atoms with Crippen LogP contribution in [0.4, 0.5) is 0 Å². The van der Waals surface area contributed by atoms with Gasteiger partial charge in [-0.15, -0.1) is 11.6 Å². The average molecular weight is 312 g/mol. The van der Waals surface area contributed by atoms with Crippen molar-refractivity contribution in [3.8, 4) is 0 Å². The zero-order chi connectivity index (χ0) is 14.1. The van der Waals surface area contributed by atoms with E-state index in [-0.39, 0.29) is 0 Å². The Morgan fingerprint density at radius 2 is 2.05 bits per heavy atom. The average Bonchev–Trinajstić information content (AvgIpc) is 3.06. The van der Waals surface area contributed by atoms with Crippen LogP contribution in [0.5, 0.6) is 0 Å². The summed E-state index contributed by atoms with van der Waals surface area (Å²) in [6.07, 6.45) is 2.62. The normalized spacial score (nSPS) is 17.9. The molecule has 1 atom stereocenters. The summed E-state index contributed by atoms with van der Waals surface area (Å²) in [5, 5.41) is 0.718. The highest BCUT2D eigenvalue weighted by Gasteiger charge is 2.20. The highest BCUT2D eigenvalue weighted by atomic mass is 35.5. The number of benzene rings is 1. The van der Waals surface area contributed by atoms with Gasteiger partial charge in [0.05, 0.1) is 16.9 Å². The summed E-state index contributed by atoms with van der Waals surface area (Å²) in [7, 11) is 0. The van der Waals surface area contributed by atoms with E-state index < -0.39 is 0 Å². The lowest BCUT2D eigenvalue weighted by molar-refractivity contribution is 0.236. The van der Waals surface area contributed by atoms with Gasteiger partial charge in [0, 0.05) is 17.6 Å². The van der Waals surface area contributed by atoms with Gasteiger partial charge in [-0.1, -0.05) is 11.6 Å². The molecule has 0 saturated carbocycles. The first-order chi connectivity index (χ1) is 9.69. The van der Waals surface area contributed by atoms with E-state index in [1.54, 1.807) is 0 Å². The van der Waals surface area contributed by atoms with E-state index in [1.165, 1.54) is 25.9 Å². The number of nitrogens with zero attached hydrogens (tertiary/aromatic N) is 3. The molecule has 0 aliphatic carbocycles. The molecule has 1 fully saturated rings. The molecule has 0 bridgehead atoms. The lowest BCUT2D eigenvalue weighted by atomic mass is 10.2. The molecule has 1 unspecified atom stereocenters. The molecule has 0 N–H and O–H groups in total. The molecular weight excluding hydrogens is 293 g/mol. The molecule has 5 heteroatoms. The van der Waals surface area contributed by atoms with Gasteiger partial charge in [0.25, 0.3) is 0 Å². The second-order valence-corrected chi connectivity index (χ2v) is 6.20. The van der Waals surface area contributed by atoms with Crippen LogP contribution in [0.25, 0.3) is 11.0 Å². The van der Waals surface area contributed by atoms with E-state index in [0.717, 1.165) is 28.4 Å². The number of likely N-dealkylation sites (tertiary alicyclic amines) is 1. The largest absolute Gasteiger partial charge is 0.325 e. The van der Waals surface area contributed by atoms with Gasteiger partial charge in [-0.3, -0.25) is 4.90 Å². The van der Waals surface area contributed by atoms with Crippen LogP contribution in [0.1, 0.15) is 25.6 Å². The Hall–Kier alpha value is -0.770. The molecule has 2 aromatic rings. The van der Waals surface area contributed by atoms with Crippen molar-refractivity contribution in [2.75, 3.05) is 13.1 Å². The SMILES string of the molecule is CC(Cn1c(CCl)nc2cc(Cl)ccc21)N1CCCC1. The van der Waals surface area contributed by atoms with Gasteiger partial charge in [0.15, 0.2) is 0 Å². The van der Waals surface area contributed by atoms with E-state index >= 15 is 0 Å². The maximum absolute atomic E-state index is 6.06. The predicted molar refractivity (Wildman–Crippen MR) is 84.6 cm³/mol. The predicted octanol–water partition coefficient (Wildman–Crippen LogP) is 3.91. The molecule has 0 radical (unpaired) electrons. The van der Waals surface area contributed by atoms with Crippen LogP contribution in [0.15, 0.2) is 18.2 Å².